The van der Waals surface area contributed by atoms with Gasteiger partial charge in [-0.15, -0.1) is 0 Å². The van der Waals surface area contributed by atoms with Crippen molar-refractivity contribution in [1.82, 2.24) is 15.0 Å². The van der Waals surface area contributed by atoms with Crippen molar-refractivity contribution in [3.8, 4) is 6.01 Å². The predicted octanol–water partition coefficient (Wildman–Crippen LogP) is 5.64. The number of para-hydroxylation sites is 2. The summed E-state index contributed by atoms with van der Waals surface area (Å²) in [7, 11) is 0. The molecule has 0 saturated heterocycles. The molecular weight excluding hydrogens is 491 g/mol. The van der Waals surface area contributed by atoms with Crippen molar-refractivity contribution in [1.29, 1.82) is 0 Å². The molecule has 4 rings (SSSR count). The second kappa shape index (κ2) is 11.1. The van der Waals surface area contributed by atoms with E-state index in [0.29, 0.717) is 16.9 Å². The Labute approximate surface area is 208 Å². The van der Waals surface area contributed by atoms with Crippen LogP contribution in [-0.4, -0.2) is 38.9 Å². The Morgan fingerprint density at radius 1 is 0.946 bits per heavy atom. The number of ether oxygens (including phenoxy) is 1. The molecule has 4 aromatic rings. The fraction of sp³-hybridized carbons (Fsp3) is 0.0833. The van der Waals surface area contributed by atoms with E-state index in [9.17, 15) is 23.3 Å². The summed E-state index contributed by atoms with van der Waals surface area (Å²) in [4.78, 5) is 24.3. The van der Waals surface area contributed by atoms with Crippen LogP contribution in [0, 0.1) is 10.1 Å². The van der Waals surface area contributed by atoms with Gasteiger partial charge in [0.05, 0.1) is 11.1 Å². The first kappa shape index (κ1) is 25.0. The van der Waals surface area contributed by atoms with Gasteiger partial charge in [-0.3, -0.25) is 15.0 Å². The Bertz CT molecular complexity index is 1350. The van der Waals surface area contributed by atoms with Gasteiger partial charge in [0.25, 0.3) is 11.6 Å². The normalized spacial score (nSPS) is 11.3. The van der Waals surface area contributed by atoms with Gasteiger partial charge in [-0.2, -0.15) is 33.2 Å². The number of hydrogen-bond donors (Lipinski definition) is 1. The zero-order valence-corrected chi connectivity index (χ0v) is 18.9. The van der Waals surface area contributed by atoms with Crippen LogP contribution in [-0.2, 0) is 0 Å². The molecule has 3 aromatic carbocycles. The lowest BCUT2D eigenvalue weighted by Crippen LogP contribution is -2.21. The van der Waals surface area contributed by atoms with E-state index in [2.05, 4.69) is 25.5 Å². The molecule has 188 valence electrons. The average Bonchev–Trinajstić information content (AvgIpc) is 2.89. The third kappa shape index (κ3) is 6.97. The molecule has 0 bridgehead atoms. The molecule has 0 fully saturated rings. The first-order valence-corrected chi connectivity index (χ1v) is 10.7. The van der Waals surface area contributed by atoms with E-state index in [-0.39, 0.29) is 17.6 Å². The van der Waals surface area contributed by atoms with Crippen molar-refractivity contribution in [2.75, 3.05) is 16.9 Å². The molecule has 0 unspecified atom stereocenters. The third-order valence-corrected chi connectivity index (χ3v) is 4.66. The third-order valence-electron chi connectivity index (χ3n) is 4.66. The summed E-state index contributed by atoms with van der Waals surface area (Å²) in [5.74, 6) is -0.238. The number of nitrogens with one attached hydrogen (secondary N) is 1. The van der Waals surface area contributed by atoms with Crippen molar-refractivity contribution in [3.05, 3.63) is 101 Å². The molecule has 1 aromatic heterocycles. The Balaban J connectivity index is 1.71. The molecule has 10 nitrogen and oxygen atoms in total. The van der Waals surface area contributed by atoms with Crippen LogP contribution in [0.4, 0.5) is 42.1 Å². The topological polar surface area (TPSA) is 119 Å². The predicted molar refractivity (Wildman–Crippen MR) is 130 cm³/mol. The number of nitrogens with zero attached hydrogens (tertiary/aromatic N) is 6. The summed E-state index contributed by atoms with van der Waals surface area (Å²) in [5, 5.41) is 14.9. The van der Waals surface area contributed by atoms with Crippen LogP contribution in [0.2, 0.25) is 0 Å². The molecule has 0 aliphatic heterocycles. The summed E-state index contributed by atoms with van der Waals surface area (Å²) in [5.41, 5.74) is 4.06. The maximum absolute atomic E-state index is 12.8. The van der Waals surface area contributed by atoms with Gasteiger partial charge in [-0.05, 0) is 24.3 Å². The van der Waals surface area contributed by atoms with Gasteiger partial charge in [-0.25, -0.2) is 5.43 Å². The van der Waals surface area contributed by atoms with Crippen molar-refractivity contribution >= 4 is 35.2 Å². The molecule has 13 heteroatoms. The first-order chi connectivity index (χ1) is 17.8. The maximum Gasteiger partial charge on any atom is 0.422 e. The fourth-order valence-electron chi connectivity index (χ4n) is 3.12. The van der Waals surface area contributed by atoms with E-state index in [1.165, 1.54) is 24.4 Å². The number of anilines is 4. The number of nitro benzene ring substituents is 1. The number of nitro groups is 1. The Kier molecular flexibility index (Phi) is 7.52. The van der Waals surface area contributed by atoms with Gasteiger partial charge >= 0.3 is 12.2 Å². The van der Waals surface area contributed by atoms with Crippen LogP contribution < -0.4 is 15.1 Å². The Morgan fingerprint density at radius 2 is 1.59 bits per heavy atom. The lowest BCUT2D eigenvalue weighted by molar-refractivity contribution is -0.384. The molecule has 1 heterocycles. The largest absolute Gasteiger partial charge is 0.454 e. The van der Waals surface area contributed by atoms with Gasteiger partial charge in [-0.1, -0.05) is 48.5 Å². The second-order valence-corrected chi connectivity index (χ2v) is 7.37. The highest BCUT2D eigenvalue weighted by Crippen LogP contribution is 2.33. The van der Waals surface area contributed by atoms with E-state index in [4.69, 9.17) is 4.74 Å². The molecule has 0 amide bonds. The van der Waals surface area contributed by atoms with Crippen LogP contribution in [0.3, 0.4) is 0 Å². The lowest BCUT2D eigenvalue weighted by Gasteiger charge is -2.23. The number of benzene rings is 3. The van der Waals surface area contributed by atoms with Crippen molar-refractivity contribution in [2.24, 2.45) is 5.10 Å². The summed E-state index contributed by atoms with van der Waals surface area (Å²) in [6.07, 6.45) is -3.34. The fourth-order valence-corrected chi connectivity index (χ4v) is 3.12. The highest BCUT2D eigenvalue weighted by atomic mass is 19.4. The van der Waals surface area contributed by atoms with E-state index in [1.54, 1.807) is 59.5 Å². The first-order valence-electron chi connectivity index (χ1n) is 10.7. The molecule has 37 heavy (non-hydrogen) atoms. The lowest BCUT2D eigenvalue weighted by atomic mass is 10.2. The Hall–Kier alpha value is -5.07. The quantitative estimate of drug-likeness (QED) is 0.175. The van der Waals surface area contributed by atoms with Gasteiger partial charge in [0.1, 0.15) is 0 Å². The molecule has 0 aliphatic carbocycles. The number of alkyl halides is 3. The number of hydrogen-bond acceptors (Lipinski definition) is 9. The zero-order valence-electron chi connectivity index (χ0n) is 18.9. The SMILES string of the molecule is O=[N+]([O-])c1cccc(C=NNc2nc(OCC(F)(F)F)nc(N(c3ccccc3)c3ccccc3)n2)c1. The van der Waals surface area contributed by atoms with Crippen LogP contribution in [0.1, 0.15) is 5.56 Å². The molecule has 0 radical (unpaired) electrons. The number of rotatable bonds is 9. The van der Waals surface area contributed by atoms with E-state index < -0.39 is 23.7 Å². The van der Waals surface area contributed by atoms with Gasteiger partial charge < -0.3 is 4.74 Å². The second-order valence-electron chi connectivity index (χ2n) is 7.37. The van der Waals surface area contributed by atoms with Crippen LogP contribution in [0.25, 0.3) is 0 Å². The highest BCUT2D eigenvalue weighted by Gasteiger charge is 2.29. The molecule has 0 aliphatic rings. The minimum absolute atomic E-state index is 0.0300. The molecular formula is C24H18F3N7O3. The van der Waals surface area contributed by atoms with Gasteiger partial charge in [0, 0.05) is 29.1 Å². The number of non-ortho nitro benzene ring substituents is 1. The van der Waals surface area contributed by atoms with Crippen LogP contribution >= 0.6 is 0 Å². The summed E-state index contributed by atoms with van der Waals surface area (Å²) in [6.45, 7) is -1.61. The van der Waals surface area contributed by atoms with E-state index in [1.807, 2.05) is 12.1 Å². The monoisotopic (exact) mass is 509 g/mol. The average molecular weight is 509 g/mol. The van der Waals surface area contributed by atoms with Crippen molar-refractivity contribution in [3.63, 3.8) is 0 Å². The number of aromatic nitrogens is 3. The standard InChI is InChI=1S/C24H18F3N7O3/c25-24(26,27)16-37-23-30-21(32-28-15-17-8-7-13-20(14-17)34(35)36)29-22(31-23)33(18-9-3-1-4-10-18)19-11-5-2-6-12-19/h1-15H,16H2,(H,29,30,31,32). The highest BCUT2D eigenvalue weighted by molar-refractivity contribution is 5.81. The zero-order chi connectivity index (χ0) is 26.3. The molecule has 0 atom stereocenters. The summed E-state index contributed by atoms with van der Waals surface area (Å²) < 4.78 is 43.3. The van der Waals surface area contributed by atoms with Crippen LogP contribution in [0.5, 0.6) is 6.01 Å². The number of halogens is 3. The Morgan fingerprint density at radius 3 is 2.19 bits per heavy atom. The minimum atomic E-state index is -4.61. The smallest absolute Gasteiger partial charge is 0.422 e. The summed E-state index contributed by atoms with van der Waals surface area (Å²) >= 11 is 0. The maximum atomic E-state index is 12.8. The molecule has 0 saturated carbocycles. The van der Waals surface area contributed by atoms with Crippen molar-refractivity contribution in [2.45, 2.75) is 6.18 Å². The van der Waals surface area contributed by atoms with E-state index in [0.717, 1.165) is 0 Å². The minimum Gasteiger partial charge on any atom is -0.454 e. The van der Waals surface area contributed by atoms with Gasteiger partial charge in [0.15, 0.2) is 6.61 Å². The molecule has 0 spiro atoms. The number of hydrazone groups is 1. The van der Waals surface area contributed by atoms with Crippen LogP contribution in [0.15, 0.2) is 90.0 Å². The van der Waals surface area contributed by atoms with Crippen molar-refractivity contribution < 1.29 is 22.8 Å². The van der Waals surface area contributed by atoms with Gasteiger partial charge in [0.2, 0.25) is 5.95 Å². The molecule has 1 N–H and O–H groups in total. The summed E-state index contributed by atoms with van der Waals surface area (Å²) in [6, 6.07) is 23.0. The van der Waals surface area contributed by atoms with E-state index >= 15 is 0 Å².